The zero-order valence-corrected chi connectivity index (χ0v) is 12.1. The van der Waals surface area contributed by atoms with Crippen LogP contribution in [0, 0.1) is 6.92 Å². The van der Waals surface area contributed by atoms with Crippen molar-refractivity contribution in [2.24, 2.45) is 5.73 Å². The summed E-state index contributed by atoms with van der Waals surface area (Å²) >= 11 is 0. The summed E-state index contributed by atoms with van der Waals surface area (Å²) in [4.78, 5) is 0. The molecule has 104 valence electrons. The van der Waals surface area contributed by atoms with Crippen LogP contribution in [0.2, 0.25) is 0 Å². The van der Waals surface area contributed by atoms with Gasteiger partial charge in [-0.05, 0) is 30.0 Å². The smallest absolute Gasteiger partial charge is 0.130 e. The molecule has 0 spiro atoms. The molecule has 1 aliphatic heterocycles. The van der Waals surface area contributed by atoms with E-state index in [2.05, 4.69) is 56.3 Å². The summed E-state index contributed by atoms with van der Waals surface area (Å²) in [6.07, 6.45) is 1.97. The van der Waals surface area contributed by atoms with Crippen LogP contribution in [0.1, 0.15) is 24.5 Å². The highest BCUT2D eigenvalue weighted by Crippen LogP contribution is 2.40. The Balaban J connectivity index is 2.02. The van der Waals surface area contributed by atoms with E-state index in [1.54, 1.807) is 0 Å². The number of ether oxygens (including phenoxy) is 1. The minimum atomic E-state index is 0.104. The molecule has 2 unspecified atom stereocenters. The third-order valence-corrected chi connectivity index (χ3v) is 4.17. The Labute approximate surface area is 120 Å². The molecule has 2 aromatic rings. The van der Waals surface area contributed by atoms with Crippen LogP contribution in [0.25, 0.3) is 11.1 Å². The fourth-order valence-electron chi connectivity index (χ4n) is 2.88. The molecule has 1 aliphatic rings. The molecule has 0 saturated carbocycles. The van der Waals surface area contributed by atoms with Crippen molar-refractivity contribution < 1.29 is 4.74 Å². The summed E-state index contributed by atoms with van der Waals surface area (Å²) in [5, 5.41) is 0. The summed E-state index contributed by atoms with van der Waals surface area (Å²) in [5.41, 5.74) is 11.1. The highest BCUT2D eigenvalue weighted by Gasteiger charge is 2.29. The molecule has 0 aromatic heterocycles. The normalized spacial score (nSPS) is 18.4. The van der Waals surface area contributed by atoms with Gasteiger partial charge >= 0.3 is 0 Å². The first kappa shape index (κ1) is 13.2. The van der Waals surface area contributed by atoms with Crippen molar-refractivity contribution in [1.29, 1.82) is 0 Å². The van der Waals surface area contributed by atoms with Crippen molar-refractivity contribution in [3.05, 3.63) is 53.6 Å². The Morgan fingerprint density at radius 1 is 1.15 bits per heavy atom. The van der Waals surface area contributed by atoms with Crippen LogP contribution in [0.15, 0.2) is 42.5 Å². The van der Waals surface area contributed by atoms with Gasteiger partial charge < -0.3 is 10.5 Å². The van der Waals surface area contributed by atoms with E-state index >= 15 is 0 Å². The average molecular weight is 267 g/mol. The van der Waals surface area contributed by atoms with Gasteiger partial charge in [0, 0.05) is 18.0 Å². The van der Waals surface area contributed by atoms with Crippen LogP contribution in [0.3, 0.4) is 0 Å². The molecule has 2 atom stereocenters. The Kier molecular flexibility index (Phi) is 3.49. The summed E-state index contributed by atoms with van der Waals surface area (Å²) in [5.74, 6) is 1.02. The topological polar surface area (TPSA) is 35.2 Å². The van der Waals surface area contributed by atoms with Crippen LogP contribution in [0.4, 0.5) is 0 Å². The molecule has 3 rings (SSSR count). The van der Waals surface area contributed by atoms with Crippen LogP contribution in [-0.4, -0.2) is 12.1 Å². The SMILES string of the molecule is CCC(N)C1Cc2cccc(-c3ccccc3C)c2O1. The van der Waals surface area contributed by atoms with Crippen molar-refractivity contribution in [3.63, 3.8) is 0 Å². The molecule has 0 saturated heterocycles. The van der Waals surface area contributed by atoms with Gasteiger partial charge in [0.25, 0.3) is 0 Å². The van der Waals surface area contributed by atoms with Crippen LogP contribution in [0.5, 0.6) is 5.75 Å². The van der Waals surface area contributed by atoms with Gasteiger partial charge in [0.15, 0.2) is 0 Å². The van der Waals surface area contributed by atoms with Crippen molar-refractivity contribution in [3.8, 4) is 16.9 Å². The number of aryl methyl sites for hydroxylation is 1. The zero-order chi connectivity index (χ0) is 14.1. The second kappa shape index (κ2) is 5.29. The molecule has 0 amide bonds. The molecular formula is C18H21NO. The van der Waals surface area contributed by atoms with E-state index in [4.69, 9.17) is 10.5 Å². The molecule has 0 fully saturated rings. The molecule has 0 radical (unpaired) electrons. The van der Waals surface area contributed by atoms with E-state index in [0.717, 1.165) is 18.6 Å². The molecule has 20 heavy (non-hydrogen) atoms. The predicted octanol–water partition coefficient (Wildman–Crippen LogP) is 3.70. The van der Waals surface area contributed by atoms with E-state index in [1.807, 2.05) is 0 Å². The number of benzene rings is 2. The molecule has 0 aliphatic carbocycles. The maximum Gasteiger partial charge on any atom is 0.130 e. The van der Waals surface area contributed by atoms with Gasteiger partial charge in [-0.25, -0.2) is 0 Å². The second-order valence-electron chi connectivity index (χ2n) is 5.54. The Morgan fingerprint density at radius 2 is 1.90 bits per heavy atom. The first-order valence-electron chi connectivity index (χ1n) is 7.31. The summed E-state index contributed by atoms with van der Waals surface area (Å²) in [6, 6.07) is 14.9. The molecule has 2 nitrogen and oxygen atoms in total. The van der Waals surface area contributed by atoms with Gasteiger partial charge in [-0.15, -0.1) is 0 Å². The minimum absolute atomic E-state index is 0.104. The number of para-hydroxylation sites is 1. The largest absolute Gasteiger partial charge is 0.488 e. The highest BCUT2D eigenvalue weighted by atomic mass is 16.5. The fourth-order valence-corrected chi connectivity index (χ4v) is 2.88. The van der Waals surface area contributed by atoms with Crippen molar-refractivity contribution in [1.82, 2.24) is 0 Å². The Morgan fingerprint density at radius 3 is 2.65 bits per heavy atom. The lowest BCUT2D eigenvalue weighted by molar-refractivity contribution is 0.197. The first-order chi connectivity index (χ1) is 9.70. The number of nitrogens with two attached hydrogens (primary N) is 1. The number of fused-ring (bicyclic) bond motifs is 1. The summed E-state index contributed by atoms with van der Waals surface area (Å²) in [6.45, 7) is 4.25. The number of hydrogen-bond donors (Lipinski definition) is 1. The van der Waals surface area contributed by atoms with Crippen LogP contribution in [-0.2, 0) is 6.42 Å². The second-order valence-corrected chi connectivity index (χ2v) is 5.54. The average Bonchev–Trinajstić information content (AvgIpc) is 2.91. The third-order valence-electron chi connectivity index (χ3n) is 4.17. The lowest BCUT2D eigenvalue weighted by Gasteiger charge is -2.18. The predicted molar refractivity (Wildman–Crippen MR) is 83.0 cm³/mol. The van der Waals surface area contributed by atoms with E-state index in [0.29, 0.717) is 0 Å². The minimum Gasteiger partial charge on any atom is -0.488 e. The van der Waals surface area contributed by atoms with Gasteiger partial charge in [-0.3, -0.25) is 0 Å². The molecule has 2 heteroatoms. The number of rotatable bonds is 3. The zero-order valence-electron chi connectivity index (χ0n) is 12.1. The molecule has 2 aromatic carbocycles. The standard InChI is InChI=1S/C18H21NO/c1-3-16(19)17-11-13-8-6-10-15(18(13)20-17)14-9-5-4-7-12(14)2/h4-10,16-17H,3,11,19H2,1-2H3. The van der Waals surface area contributed by atoms with E-state index in [9.17, 15) is 0 Å². The van der Waals surface area contributed by atoms with Gasteiger partial charge in [0.1, 0.15) is 11.9 Å². The monoisotopic (exact) mass is 267 g/mol. The molecular weight excluding hydrogens is 246 g/mol. The van der Waals surface area contributed by atoms with E-state index < -0.39 is 0 Å². The Bertz CT molecular complexity index is 621. The van der Waals surface area contributed by atoms with Crippen molar-refractivity contribution in [2.45, 2.75) is 38.8 Å². The molecule has 2 N–H and O–H groups in total. The fraction of sp³-hybridized carbons (Fsp3) is 0.333. The van der Waals surface area contributed by atoms with Gasteiger partial charge in [-0.2, -0.15) is 0 Å². The lowest BCUT2D eigenvalue weighted by Crippen LogP contribution is -2.37. The van der Waals surface area contributed by atoms with E-state index in [-0.39, 0.29) is 12.1 Å². The number of hydrogen-bond acceptors (Lipinski definition) is 2. The summed E-state index contributed by atoms with van der Waals surface area (Å²) < 4.78 is 6.18. The lowest BCUT2D eigenvalue weighted by atomic mass is 9.96. The maximum atomic E-state index is 6.18. The van der Waals surface area contributed by atoms with E-state index in [1.165, 1.54) is 22.3 Å². The van der Waals surface area contributed by atoms with Crippen LogP contribution < -0.4 is 10.5 Å². The molecule has 1 heterocycles. The third kappa shape index (κ3) is 2.20. The molecule has 0 bridgehead atoms. The van der Waals surface area contributed by atoms with Crippen LogP contribution >= 0.6 is 0 Å². The quantitative estimate of drug-likeness (QED) is 0.920. The maximum absolute atomic E-state index is 6.18. The van der Waals surface area contributed by atoms with Gasteiger partial charge in [0.05, 0.1) is 0 Å². The highest BCUT2D eigenvalue weighted by molar-refractivity contribution is 5.75. The first-order valence-corrected chi connectivity index (χ1v) is 7.31. The van der Waals surface area contributed by atoms with Crippen molar-refractivity contribution >= 4 is 0 Å². The van der Waals surface area contributed by atoms with Gasteiger partial charge in [-0.1, -0.05) is 49.4 Å². The van der Waals surface area contributed by atoms with Gasteiger partial charge in [0.2, 0.25) is 0 Å². The van der Waals surface area contributed by atoms with Crippen molar-refractivity contribution in [2.75, 3.05) is 0 Å². The Hall–Kier alpha value is -1.80. The summed E-state index contributed by atoms with van der Waals surface area (Å²) in [7, 11) is 0.